The molecule has 3 rings (SSSR count). The van der Waals surface area contributed by atoms with Crippen molar-refractivity contribution in [2.24, 2.45) is 0 Å². The van der Waals surface area contributed by atoms with E-state index in [0.717, 1.165) is 22.6 Å². The Morgan fingerprint density at radius 1 is 0.440 bits per heavy atom. The minimum Gasteiger partial charge on any atom is -0.491 e. The van der Waals surface area contributed by atoms with Gasteiger partial charge < -0.3 is 23.7 Å². The normalized spacial score (nSPS) is 17.3. The number of hydrogen-bond acceptors (Lipinski definition) is 5. The highest BCUT2D eigenvalue weighted by atomic mass is 16.6. The van der Waals surface area contributed by atoms with Crippen LogP contribution >= 0.6 is 0 Å². The van der Waals surface area contributed by atoms with Gasteiger partial charge in [-0.05, 0) is 12.1 Å². The van der Waals surface area contributed by atoms with Crippen molar-refractivity contribution in [3.63, 3.8) is 0 Å². The first-order valence-electron chi connectivity index (χ1n) is 8.62. The van der Waals surface area contributed by atoms with Crippen LogP contribution in [0.2, 0.25) is 0 Å². The third-order valence-corrected chi connectivity index (χ3v) is 3.78. The summed E-state index contributed by atoms with van der Waals surface area (Å²) < 4.78 is 28.3. The van der Waals surface area contributed by atoms with Gasteiger partial charge in [0.2, 0.25) is 0 Å². The summed E-state index contributed by atoms with van der Waals surface area (Å²) in [5.41, 5.74) is 2.01. The SMILES string of the molecule is c1ccc2c(c1)OCCOCCOCCOCCOc1ccccc1-2. The van der Waals surface area contributed by atoms with Crippen molar-refractivity contribution in [3.05, 3.63) is 48.5 Å². The number of para-hydroxylation sites is 2. The summed E-state index contributed by atoms with van der Waals surface area (Å²) in [6.45, 7) is 4.24. The van der Waals surface area contributed by atoms with Crippen LogP contribution in [0.4, 0.5) is 0 Å². The average Bonchev–Trinajstić information content (AvgIpc) is 2.66. The van der Waals surface area contributed by atoms with Crippen molar-refractivity contribution >= 4 is 0 Å². The molecule has 0 bridgehead atoms. The highest BCUT2D eigenvalue weighted by Crippen LogP contribution is 2.36. The largest absolute Gasteiger partial charge is 0.491 e. The molecule has 0 spiro atoms. The van der Waals surface area contributed by atoms with E-state index in [-0.39, 0.29) is 0 Å². The van der Waals surface area contributed by atoms with E-state index < -0.39 is 0 Å². The lowest BCUT2D eigenvalue weighted by atomic mass is 10.0. The molecule has 0 fully saturated rings. The highest BCUT2D eigenvalue weighted by Gasteiger charge is 2.11. The second-order valence-corrected chi connectivity index (χ2v) is 5.53. The van der Waals surface area contributed by atoms with Crippen LogP contribution in [-0.2, 0) is 14.2 Å². The van der Waals surface area contributed by atoms with E-state index in [2.05, 4.69) is 0 Å². The molecule has 0 atom stereocenters. The third kappa shape index (κ3) is 5.46. The molecule has 0 aromatic heterocycles. The average molecular weight is 344 g/mol. The van der Waals surface area contributed by atoms with Gasteiger partial charge in [0.15, 0.2) is 0 Å². The zero-order chi connectivity index (χ0) is 17.2. The highest BCUT2D eigenvalue weighted by molar-refractivity contribution is 5.75. The fourth-order valence-electron chi connectivity index (χ4n) is 2.59. The van der Waals surface area contributed by atoms with Gasteiger partial charge >= 0.3 is 0 Å². The summed E-state index contributed by atoms with van der Waals surface area (Å²) in [5.74, 6) is 1.64. The molecule has 0 unspecified atom stereocenters. The van der Waals surface area contributed by atoms with E-state index in [9.17, 15) is 0 Å². The molecule has 2 aromatic carbocycles. The van der Waals surface area contributed by atoms with Gasteiger partial charge in [-0.15, -0.1) is 0 Å². The van der Waals surface area contributed by atoms with E-state index >= 15 is 0 Å². The molecule has 0 N–H and O–H groups in total. The molecule has 0 aliphatic carbocycles. The van der Waals surface area contributed by atoms with Crippen LogP contribution in [0.3, 0.4) is 0 Å². The summed E-state index contributed by atoms with van der Waals surface area (Å²) in [7, 11) is 0. The number of ether oxygens (including phenoxy) is 5. The molecular weight excluding hydrogens is 320 g/mol. The Morgan fingerprint density at radius 2 is 0.800 bits per heavy atom. The van der Waals surface area contributed by atoms with Gasteiger partial charge in [0.25, 0.3) is 0 Å². The quantitative estimate of drug-likeness (QED) is 0.735. The second-order valence-electron chi connectivity index (χ2n) is 5.53. The van der Waals surface area contributed by atoms with Gasteiger partial charge in [-0.2, -0.15) is 0 Å². The molecular formula is C20H24O5. The molecule has 5 nitrogen and oxygen atoms in total. The van der Waals surface area contributed by atoms with Crippen molar-refractivity contribution in [3.8, 4) is 22.6 Å². The first kappa shape index (κ1) is 17.7. The predicted molar refractivity (Wildman–Crippen MR) is 95.3 cm³/mol. The van der Waals surface area contributed by atoms with E-state index in [1.165, 1.54) is 0 Å². The van der Waals surface area contributed by atoms with Crippen LogP contribution in [0.5, 0.6) is 11.5 Å². The van der Waals surface area contributed by atoms with E-state index in [1.54, 1.807) is 0 Å². The summed E-state index contributed by atoms with van der Waals surface area (Å²) in [5, 5.41) is 0. The summed E-state index contributed by atoms with van der Waals surface area (Å²) >= 11 is 0. The van der Waals surface area contributed by atoms with E-state index in [4.69, 9.17) is 23.7 Å². The lowest BCUT2D eigenvalue weighted by Crippen LogP contribution is -2.14. The van der Waals surface area contributed by atoms with E-state index in [0.29, 0.717) is 52.9 Å². The first-order valence-corrected chi connectivity index (χ1v) is 8.62. The third-order valence-electron chi connectivity index (χ3n) is 3.78. The monoisotopic (exact) mass is 344 g/mol. The van der Waals surface area contributed by atoms with Gasteiger partial charge in [-0.3, -0.25) is 0 Å². The molecule has 1 aliphatic rings. The molecule has 0 amide bonds. The maximum absolute atomic E-state index is 5.92. The minimum absolute atomic E-state index is 0.489. The van der Waals surface area contributed by atoms with Crippen LogP contribution in [0.25, 0.3) is 11.1 Å². The lowest BCUT2D eigenvalue weighted by molar-refractivity contribution is 0.00519. The Balaban J connectivity index is 1.78. The second kappa shape index (κ2) is 10.0. The number of hydrogen-bond donors (Lipinski definition) is 0. The Kier molecular flexibility index (Phi) is 7.12. The van der Waals surface area contributed by atoms with Crippen molar-refractivity contribution in [1.29, 1.82) is 0 Å². The predicted octanol–water partition coefficient (Wildman–Crippen LogP) is 3.17. The zero-order valence-electron chi connectivity index (χ0n) is 14.3. The van der Waals surface area contributed by atoms with Gasteiger partial charge in [0.1, 0.15) is 24.7 Å². The summed E-state index contributed by atoms with van der Waals surface area (Å²) in [6.07, 6.45) is 0. The summed E-state index contributed by atoms with van der Waals surface area (Å²) in [6, 6.07) is 15.9. The minimum atomic E-state index is 0.489. The van der Waals surface area contributed by atoms with Crippen LogP contribution in [0.1, 0.15) is 0 Å². The molecule has 25 heavy (non-hydrogen) atoms. The Morgan fingerprint density at radius 3 is 1.24 bits per heavy atom. The first-order chi connectivity index (χ1) is 12.4. The van der Waals surface area contributed by atoms with Gasteiger partial charge in [-0.1, -0.05) is 36.4 Å². The molecule has 0 saturated heterocycles. The molecule has 0 saturated carbocycles. The van der Waals surface area contributed by atoms with Gasteiger partial charge in [0.05, 0.1) is 39.6 Å². The lowest BCUT2D eigenvalue weighted by Gasteiger charge is -2.15. The Bertz CT molecular complexity index is 588. The fraction of sp³-hybridized carbons (Fsp3) is 0.400. The van der Waals surface area contributed by atoms with Gasteiger partial charge in [-0.25, -0.2) is 0 Å². The molecule has 134 valence electrons. The maximum Gasteiger partial charge on any atom is 0.127 e. The smallest absolute Gasteiger partial charge is 0.127 e. The van der Waals surface area contributed by atoms with Crippen molar-refractivity contribution in [2.75, 3.05) is 52.9 Å². The standard InChI is InChI=1S/C20H24O5/c1-3-7-19-17(5-1)18-6-2-4-8-20(18)25-16-14-23-12-10-21-9-11-22-13-15-24-19/h1-8H,9-16H2. The zero-order valence-corrected chi connectivity index (χ0v) is 14.3. The van der Waals surface area contributed by atoms with Crippen LogP contribution in [0.15, 0.2) is 48.5 Å². The van der Waals surface area contributed by atoms with E-state index in [1.807, 2.05) is 48.5 Å². The number of fused-ring (bicyclic) bond motifs is 3. The molecule has 2 aromatic rings. The Hall–Kier alpha value is -2.08. The number of rotatable bonds is 0. The molecule has 5 heteroatoms. The Labute approximate surface area is 148 Å². The summed E-state index contributed by atoms with van der Waals surface area (Å²) in [4.78, 5) is 0. The number of benzene rings is 2. The van der Waals surface area contributed by atoms with Crippen LogP contribution in [0, 0.1) is 0 Å². The van der Waals surface area contributed by atoms with Crippen LogP contribution in [-0.4, -0.2) is 52.9 Å². The van der Waals surface area contributed by atoms with Crippen molar-refractivity contribution in [2.45, 2.75) is 0 Å². The van der Waals surface area contributed by atoms with Crippen molar-refractivity contribution in [1.82, 2.24) is 0 Å². The maximum atomic E-state index is 5.92. The molecule has 1 heterocycles. The van der Waals surface area contributed by atoms with Crippen molar-refractivity contribution < 1.29 is 23.7 Å². The topological polar surface area (TPSA) is 46.2 Å². The van der Waals surface area contributed by atoms with Crippen LogP contribution < -0.4 is 9.47 Å². The van der Waals surface area contributed by atoms with Gasteiger partial charge in [0, 0.05) is 11.1 Å². The molecule has 0 radical (unpaired) electrons. The molecule has 1 aliphatic heterocycles. The fourth-order valence-corrected chi connectivity index (χ4v) is 2.59.